The molecule has 0 fully saturated rings. The largest absolute Gasteiger partial charge is 0.481 e. The first-order valence-electron chi connectivity index (χ1n) is 30.4. The first kappa shape index (κ1) is 68.9. The van der Waals surface area contributed by atoms with Crippen molar-refractivity contribution in [2.45, 2.75) is 334 Å². The molecule has 0 unspecified atom stereocenters. The maximum atomic E-state index is 13.4. The summed E-state index contributed by atoms with van der Waals surface area (Å²) < 4.78 is 11.9. The molecule has 0 heterocycles. The van der Waals surface area contributed by atoms with E-state index in [1.54, 1.807) is 0 Å². The lowest BCUT2D eigenvalue weighted by Gasteiger charge is -2.35. The molecule has 0 aliphatic carbocycles. The molecule has 0 aliphatic rings. The molecule has 0 radical (unpaired) electrons. The standard InChI is InChI=1S/C63H115NO8/c1-5-6-7-8-9-10-11-12-17-24-29-34-39-44-49-54-60(69)71-57-63(64-61(70)72-62(2,3)4,55-50-45-40-35-30-25-20-15-13-18-22-27-32-37-42-47-52-58(65)66)56-51-46-41-36-31-26-21-16-14-19-23-28-33-38-43-48-53-59(67)68/h12-14,17-19H,5-11,15-16,20-57H2,1-4H3,(H,64,70)(H,65,66)(H,67,68)/b17-12-,18-13-,19-14-. The van der Waals surface area contributed by atoms with Crippen molar-refractivity contribution in [3.63, 3.8) is 0 Å². The Balaban J connectivity index is 4.97. The summed E-state index contributed by atoms with van der Waals surface area (Å²) in [6, 6.07) is 0. The number of amides is 1. The fourth-order valence-electron chi connectivity index (χ4n) is 9.41. The van der Waals surface area contributed by atoms with Gasteiger partial charge in [0.25, 0.3) is 0 Å². The minimum absolute atomic E-state index is 0.164. The van der Waals surface area contributed by atoms with Crippen molar-refractivity contribution >= 4 is 24.0 Å². The highest BCUT2D eigenvalue weighted by atomic mass is 16.6. The Labute approximate surface area is 443 Å². The monoisotopic (exact) mass is 1010 g/mol. The van der Waals surface area contributed by atoms with Gasteiger partial charge in [0.05, 0.1) is 5.54 Å². The molecular weight excluding hydrogens is 899 g/mol. The number of hydrogen-bond acceptors (Lipinski definition) is 6. The number of alkyl carbamates (subject to hydrolysis) is 1. The molecule has 9 nitrogen and oxygen atoms in total. The summed E-state index contributed by atoms with van der Waals surface area (Å²) in [5.41, 5.74) is -1.28. The Bertz CT molecular complexity index is 1290. The fourth-order valence-corrected chi connectivity index (χ4v) is 9.41. The second-order valence-corrected chi connectivity index (χ2v) is 22.3. The van der Waals surface area contributed by atoms with Crippen LogP contribution in [0, 0.1) is 0 Å². The molecule has 0 aromatic heterocycles. The van der Waals surface area contributed by atoms with Gasteiger partial charge in [-0.1, -0.05) is 210 Å². The highest BCUT2D eigenvalue weighted by Crippen LogP contribution is 2.27. The Kier molecular flexibility index (Phi) is 49.2. The lowest BCUT2D eigenvalue weighted by molar-refractivity contribution is -0.146. The van der Waals surface area contributed by atoms with Gasteiger partial charge in [0.2, 0.25) is 0 Å². The minimum Gasteiger partial charge on any atom is -0.481 e. The summed E-state index contributed by atoms with van der Waals surface area (Å²) >= 11 is 0. The van der Waals surface area contributed by atoms with E-state index < -0.39 is 29.2 Å². The van der Waals surface area contributed by atoms with Gasteiger partial charge in [0.15, 0.2) is 0 Å². The molecule has 1 amide bonds. The van der Waals surface area contributed by atoms with Crippen LogP contribution in [0.1, 0.15) is 323 Å². The Morgan fingerprint density at radius 1 is 0.389 bits per heavy atom. The van der Waals surface area contributed by atoms with Gasteiger partial charge in [-0.2, -0.15) is 0 Å². The number of aliphatic carboxylic acids is 2. The molecule has 0 saturated carbocycles. The summed E-state index contributed by atoms with van der Waals surface area (Å²) in [4.78, 5) is 47.9. The van der Waals surface area contributed by atoms with Crippen LogP contribution < -0.4 is 5.32 Å². The van der Waals surface area contributed by atoms with Crippen LogP contribution in [-0.2, 0) is 23.9 Å². The van der Waals surface area contributed by atoms with E-state index >= 15 is 0 Å². The summed E-state index contributed by atoms with van der Waals surface area (Å²) in [5.74, 6) is -1.55. The van der Waals surface area contributed by atoms with E-state index in [0.29, 0.717) is 6.42 Å². The Hall–Kier alpha value is -3.10. The summed E-state index contributed by atoms with van der Waals surface area (Å²) in [6.45, 7) is 8.14. The number of esters is 1. The number of carbonyl (C=O) groups excluding carboxylic acids is 2. The maximum absolute atomic E-state index is 13.4. The number of allylic oxidation sites excluding steroid dienone is 6. The molecule has 0 spiro atoms. The smallest absolute Gasteiger partial charge is 0.408 e. The zero-order valence-corrected chi connectivity index (χ0v) is 47.5. The van der Waals surface area contributed by atoms with Crippen LogP contribution >= 0.6 is 0 Å². The highest BCUT2D eigenvalue weighted by molar-refractivity contribution is 5.70. The molecule has 0 bridgehead atoms. The number of ether oxygens (including phenoxy) is 2. The predicted molar refractivity (Wildman–Crippen MR) is 304 cm³/mol. The van der Waals surface area contributed by atoms with E-state index in [1.165, 1.54) is 135 Å². The molecule has 0 aliphatic heterocycles. The summed E-state index contributed by atoms with van der Waals surface area (Å²) in [6.07, 6.45) is 63.2. The van der Waals surface area contributed by atoms with Gasteiger partial charge >= 0.3 is 24.0 Å². The Morgan fingerprint density at radius 2 is 0.667 bits per heavy atom. The number of hydrogen-bond donors (Lipinski definition) is 3. The van der Waals surface area contributed by atoms with Gasteiger partial charge in [-0.15, -0.1) is 0 Å². The van der Waals surface area contributed by atoms with Crippen molar-refractivity contribution in [1.82, 2.24) is 5.32 Å². The van der Waals surface area contributed by atoms with Crippen molar-refractivity contribution < 1.29 is 38.9 Å². The van der Waals surface area contributed by atoms with E-state index in [9.17, 15) is 19.2 Å². The second kappa shape index (κ2) is 51.4. The van der Waals surface area contributed by atoms with Crippen LogP contribution in [0.25, 0.3) is 0 Å². The van der Waals surface area contributed by atoms with Crippen LogP contribution in [-0.4, -0.2) is 52.0 Å². The molecule has 0 aromatic carbocycles. The van der Waals surface area contributed by atoms with E-state index in [1.807, 2.05) is 20.8 Å². The number of carbonyl (C=O) groups is 4. The molecule has 0 rings (SSSR count). The van der Waals surface area contributed by atoms with Crippen LogP contribution in [0.2, 0.25) is 0 Å². The van der Waals surface area contributed by atoms with Gasteiger partial charge in [-0.25, -0.2) is 4.79 Å². The zero-order valence-electron chi connectivity index (χ0n) is 47.5. The molecule has 0 aromatic rings. The van der Waals surface area contributed by atoms with Gasteiger partial charge in [0.1, 0.15) is 12.2 Å². The van der Waals surface area contributed by atoms with Gasteiger partial charge in [0, 0.05) is 19.3 Å². The first-order chi connectivity index (χ1) is 34.9. The van der Waals surface area contributed by atoms with Crippen molar-refractivity contribution in [3.05, 3.63) is 36.5 Å². The summed E-state index contributed by atoms with van der Waals surface area (Å²) in [7, 11) is 0. The maximum Gasteiger partial charge on any atom is 0.408 e. The average Bonchev–Trinajstić information content (AvgIpc) is 3.33. The first-order valence-corrected chi connectivity index (χ1v) is 30.4. The van der Waals surface area contributed by atoms with E-state index in [4.69, 9.17) is 19.7 Å². The molecular formula is C63H115NO8. The average molecular weight is 1010 g/mol. The highest BCUT2D eigenvalue weighted by Gasteiger charge is 2.34. The normalized spacial score (nSPS) is 12.2. The van der Waals surface area contributed by atoms with Crippen molar-refractivity contribution in [2.75, 3.05) is 6.61 Å². The lowest BCUT2D eigenvalue weighted by Crippen LogP contribution is -2.53. The predicted octanol–water partition coefficient (Wildman–Crippen LogP) is 19.6. The van der Waals surface area contributed by atoms with Gasteiger partial charge in [-0.05, 0) is 130 Å². The fraction of sp³-hybridized carbons (Fsp3) is 0.841. The van der Waals surface area contributed by atoms with Gasteiger partial charge < -0.3 is 25.0 Å². The molecule has 72 heavy (non-hydrogen) atoms. The Morgan fingerprint density at radius 3 is 0.972 bits per heavy atom. The van der Waals surface area contributed by atoms with Gasteiger partial charge in [-0.3, -0.25) is 14.4 Å². The second-order valence-electron chi connectivity index (χ2n) is 22.3. The van der Waals surface area contributed by atoms with Crippen LogP contribution in [0.5, 0.6) is 0 Å². The zero-order chi connectivity index (χ0) is 52.9. The number of rotatable bonds is 54. The quantitative estimate of drug-likeness (QED) is 0.0311. The summed E-state index contributed by atoms with van der Waals surface area (Å²) in [5, 5.41) is 20.8. The molecule has 0 saturated heterocycles. The molecule has 0 atom stereocenters. The number of unbranched alkanes of at least 4 members (excludes halogenated alkanes) is 35. The van der Waals surface area contributed by atoms with E-state index in [2.05, 4.69) is 48.7 Å². The third-order valence-corrected chi connectivity index (χ3v) is 13.8. The van der Waals surface area contributed by atoms with Crippen LogP contribution in [0.15, 0.2) is 36.5 Å². The van der Waals surface area contributed by atoms with Crippen LogP contribution in [0.4, 0.5) is 4.79 Å². The van der Waals surface area contributed by atoms with E-state index in [0.717, 1.165) is 141 Å². The molecule has 9 heteroatoms. The SMILES string of the molecule is CCCCCCCC/C=C\CCCCCCCC(=O)OCC(CCCCCCCCC/C=C\CCCCCCCC(=O)O)(CCCCCCCCC/C=C\CCCCCCCC(=O)O)NC(=O)OC(C)(C)C. The molecule has 420 valence electrons. The number of nitrogens with one attached hydrogen (secondary N) is 1. The van der Waals surface area contributed by atoms with Crippen LogP contribution in [0.3, 0.4) is 0 Å². The van der Waals surface area contributed by atoms with Crippen molar-refractivity contribution in [2.24, 2.45) is 0 Å². The minimum atomic E-state index is -0.692. The lowest BCUT2D eigenvalue weighted by atomic mass is 9.86. The third kappa shape index (κ3) is 53.2. The number of carboxylic acid groups (broad SMARTS) is 2. The van der Waals surface area contributed by atoms with Crippen molar-refractivity contribution in [1.29, 1.82) is 0 Å². The molecule has 3 N–H and O–H groups in total. The number of carboxylic acids is 2. The van der Waals surface area contributed by atoms with E-state index in [-0.39, 0.29) is 25.4 Å². The third-order valence-electron chi connectivity index (χ3n) is 13.8. The van der Waals surface area contributed by atoms with Crippen molar-refractivity contribution in [3.8, 4) is 0 Å². The topological polar surface area (TPSA) is 139 Å².